The van der Waals surface area contributed by atoms with Crippen LogP contribution >= 0.6 is 0 Å². The molecule has 2 N–H and O–H groups in total. The number of nitrogens with zero attached hydrogens (tertiary/aromatic N) is 1. The lowest BCUT2D eigenvalue weighted by molar-refractivity contribution is -0.116. The van der Waals surface area contributed by atoms with Gasteiger partial charge in [-0.25, -0.2) is 13.1 Å². The predicted octanol–water partition coefficient (Wildman–Crippen LogP) is 2.67. The average molecular weight is 349 g/mol. The van der Waals surface area contributed by atoms with Gasteiger partial charge in [0.2, 0.25) is 15.9 Å². The Kier molecular flexibility index (Phi) is 6.28. The Morgan fingerprint density at radius 3 is 2.71 bits per heavy atom. The second-order valence-electron chi connectivity index (χ2n) is 5.87. The number of carbonyl (C=O) groups excluding carboxylic acids is 1. The zero-order valence-electron chi connectivity index (χ0n) is 14.0. The van der Waals surface area contributed by atoms with Gasteiger partial charge in [0, 0.05) is 24.5 Å². The third-order valence-electron chi connectivity index (χ3n) is 3.67. The van der Waals surface area contributed by atoms with Gasteiger partial charge in [0.25, 0.3) is 0 Å². The van der Waals surface area contributed by atoms with Crippen LogP contribution in [0, 0.1) is 0 Å². The van der Waals surface area contributed by atoms with Crippen molar-refractivity contribution in [2.45, 2.75) is 38.4 Å². The molecular weight excluding hydrogens is 326 g/mol. The van der Waals surface area contributed by atoms with Crippen molar-refractivity contribution in [3.05, 3.63) is 36.5 Å². The normalized spacial score (nSPS) is 11.8. The molecule has 0 bridgehead atoms. The number of pyridine rings is 1. The van der Waals surface area contributed by atoms with Crippen molar-refractivity contribution in [2.75, 3.05) is 11.9 Å². The van der Waals surface area contributed by atoms with E-state index < -0.39 is 15.3 Å². The summed E-state index contributed by atoms with van der Waals surface area (Å²) in [6.07, 6.45) is 3.30. The fourth-order valence-corrected chi connectivity index (χ4v) is 2.98. The number of rotatable bonds is 8. The minimum atomic E-state index is -3.23. The molecular formula is C17H23N3O3S. The lowest BCUT2D eigenvalue weighted by Gasteiger charge is -2.10. The van der Waals surface area contributed by atoms with Gasteiger partial charge in [0.1, 0.15) is 0 Å². The lowest BCUT2D eigenvalue weighted by Crippen LogP contribution is -2.31. The van der Waals surface area contributed by atoms with Gasteiger partial charge in [-0.15, -0.1) is 0 Å². The van der Waals surface area contributed by atoms with Gasteiger partial charge >= 0.3 is 0 Å². The van der Waals surface area contributed by atoms with Gasteiger partial charge in [-0.2, -0.15) is 0 Å². The third kappa shape index (κ3) is 5.01. The van der Waals surface area contributed by atoms with E-state index in [1.54, 1.807) is 20.0 Å². The maximum Gasteiger partial charge on any atom is 0.224 e. The fourth-order valence-electron chi connectivity index (χ4n) is 2.22. The Labute approximate surface area is 142 Å². The standard InChI is InChI=1S/C17H23N3O3S/c1-13(2)24(22,23)19-12-4-3-10-17(21)20-16-9-5-8-15-14(16)7-6-11-18-15/h5-9,11,13,19H,3-4,10,12H2,1-2H3,(H,20,21). The second kappa shape index (κ2) is 8.21. The number of nitrogens with one attached hydrogen (secondary N) is 2. The SMILES string of the molecule is CC(C)S(=O)(=O)NCCCCC(=O)Nc1cccc2ncccc12. The van der Waals surface area contributed by atoms with E-state index in [0.717, 1.165) is 16.6 Å². The minimum Gasteiger partial charge on any atom is -0.325 e. The van der Waals surface area contributed by atoms with Crippen molar-refractivity contribution in [1.29, 1.82) is 0 Å². The summed E-state index contributed by atoms with van der Waals surface area (Å²) < 4.78 is 25.7. The van der Waals surface area contributed by atoms with Crippen LogP contribution < -0.4 is 10.0 Å². The largest absolute Gasteiger partial charge is 0.325 e. The van der Waals surface area contributed by atoms with Crippen LogP contribution in [0.1, 0.15) is 33.1 Å². The molecule has 2 aromatic rings. The van der Waals surface area contributed by atoms with E-state index >= 15 is 0 Å². The van der Waals surface area contributed by atoms with Gasteiger partial charge < -0.3 is 5.32 Å². The van der Waals surface area contributed by atoms with E-state index in [-0.39, 0.29) is 5.91 Å². The van der Waals surface area contributed by atoms with Crippen molar-refractivity contribution in [1.82, 2.24) is 9.71 Å². The Balaban J connectivity index is 1.79. The molecule has 130 valence electrons. The molecule has 0 aliphatic heterocycles. The molecule has 0 atom stereocenters. The molecule has 0 saturated carbocycles. The summed E-state index contributed by atoms with van der Waals surface area (Å²) in [7, 11) is -3.23. The van der Waals surface area contributed by atoms with Crippen molar-refractivity contribution in [3.63, 3.8) is 0 Å². The molecule has 0 aliphatic rings. The number of sulfonamides is 1. The van der Waals surface area contributed by atoms with E-state index in [4.69, 9.17) is 0 Å². The molecule has 1 aromatic heterocycles. The quantitative estimate of drug-likeness (QED) is 0.717. The first kappa shape index (κ1) is 18.4. The molecule has 0 aliphatic carbocycles. The molecule has 6 nitrogen and oxygen atoms in total. The predicted molar refractivity (Wildman–Crippen MR) is 96.3 cm³/mol. The van der Waals surface area contributed by atoms with Crippen molar-refractivity contribution >= 4 is 32.5 Å². The molecule has 1 heterocycles. The first-order valence-corrected chi connectivity index (χ1v) is 9.57. The van der Waals surface area contributed by atoms with Crippen LogP contribution in [0.15, 0.2) is 36.5 Å². The number of unbranched alkanes of at least 4 members (excludes halogenated alkanes) is 1. The highest BCUT2D eigenvalue weighted by atomic mass is 32.2. The molecule has 0 spiro atoms. The first-order chi connectivity index (χ1) is 11.4. The molecule has 0 unspecified atom stereocenters. The van der Waals surface area contributed by atoms with Gasteiger partial charge in [-0.05, 0) is 51.0 Å². The number of fused-ring (bicyclic) bond motifs is 1. The van der Waals surface area contributed by atoms with Gasteiger partial charge in [-0.3, -0.25) is 9.78 Å². The highest BCUT2D eigenvalue weighted by molar-refractivity contribution is 7.90. The topological polar surface area (TPSA) is 88.2 Å². The van der Waals surface area contributed by atoms with Gasteiger partial charge in [0.15, 0.2) is 0 Å². The molecule has 24 heavy (non-hydrogen) atoms. The number of aromatic nitrogens is 1. The molecule has 1 amide bonds. The summed E-state index contributed by atoms with van der Waals surface area (Å²) in [6, 6.07) is 9.34. The first-order valence-electron chi connectivity index (χ1n) is 8.02. The van der Waals surface area contributed by atoms with Crippen LogP contribution in [-0.4, -0.2) is 31.1 Å². The Hall–Kier alpha value is -1.99. The molecule has 2 rings (SSSR count). The number of anilines is 1. The minimum absolute atomic E-state index is 0.0851. The average Bonchev–Trinajstić information content (AvgIpc) is 2.54. The zero-order valence-corrected chi connectivity index (χ0v) is 14.8. The van der Waals surface area contributed by atoms with Crippen LogP contribution in [0.5, 0.6) is 0 Å². The van der Waals surface area contributed by atoms with Crippen molar-refractivity contribution in [2.24, 2.45) is 0 Å². The highest BCUT2D eigenvalue weighted by Crippen LogP contribution is 2.21. The second-order valence-corrected chi connectivity index (χ2v) is 8.19. The number of carbonyl (C=O) groups is 1. The molecule has 0 fully saturated rings. The summed E-state index contributed by atoms with van der Waals surface area (Å²) in [5, 5.41) is 3.35. The van der Waals surface area contributed by atoms with E-state index in [0.29, 0.717) is 25.8 Å². The summed E-state index contributed by atoms with van der Waals surface area (Å²) in [6.45, 7) is 3.62. The van der Waals surface area contributed by atoms with Gasteiger partial charge in [-0.1, -0.05) is 6.07 Å². The van der Waals surface area contributed by atoms with E-state index in [9.17, 15) is 13.2 Å². The zero-order chi connectivity index (χ0) is 17.6. The summed E-state index contributed by atoms with van der Waals surface area (Å²) in [4.78, 5) is 16.3. The van der Waals surface area contributed by atoms with Crippen LogP contribution in [0.25, 0.3) is 10.9 Å². The maximum absolute atomic E-state index is 12.1. The number of amides is 1. The molecule has 1 aromatic carbocycles. The summed E-state index contributed by atoms with van der Waals surface area (Å²) >= 11 is 0. The van der Waals surface area contributed by atoms with E-state index in [2.05, 4.69) is 15.0 Å². The lowest BCUT2D eigenvalue weighted by atomic mass is 10.1. The van der Waals surface area contributed by atoms with Crippen molar-refractivity contribution in [3.8, 4) is 0 Å². The van der Waals surface area contributed by atoms with Crippen LogP contribution in [-0.2, 0) is 14.8 Å². The van der Waals surface area contributed by atoms with Crippen LogP contribution in [0.4, 0.5) is 5.69 Å². The Bertz CT molecular complexity index is 798. The summed E-state index contributed by atoms with van der Waals surface area (Å²) in [5.41, 5.74) is 1.57. The van der Waals surface area contributed by atoms with E-state index in [1.165, 1.54) is 0 Å². The Morgan fingerprint density at radius 2 is 1.96 bits per heavy atom. The van der Waals surface area contributed by atoms with E-state index in [1.807, 2.05) is 30.3 Å². The Morgan fingerprint density at radius 1 is 1.17 bits per heavy atom. The molecule has 0 saturated heterocycles. The van der Waals surface area contributed by atoms with Crippen molar-refractivity contribution < 1.29 is 13.2 Å². The fraction of sp³-hybridized carbons (Fsp3) is 0.412. The van der Waals surface area contributed by atoms with Gasteiger partial charge in [0.05, 0.1) is 16.5 Å². The summed E-state index contributed by atoms with van der Waals surface area (Å²) in [5.74, 6) is -0.0851. The van der Waals surface area contributed by atoms with Crippen LogP contribution in [0.2, 0.25) is 0 Å². The molecule has 7 heteroatoms. The number of hydrogen-bond acceptors (Lipinski definition) is 4. The number of benzene rings is 1. The molecule has 0 radical (unpaired) electrons. The highest BCUT2D eigenvalue weighted by Gasteiger charge is 2.14. The third-order valence-corrected chi connectivity index (χ3v) is 5.52. The number of hydrogen-bond donors (Lipinski definition) is 2. The smallest absolute Gasteiger partial charge is 0.224 e. The van der Waals surface area contributed by atoms with Crippen LogP contribution in [0.3, 0.4) is 0 Å². The monoisotopic (exact) mass is 349 g/mol. The maximum atomic E-state index is 12.1.